The predicted octanol–water partition coefficient (Wildman–Crippen LogP) is 3.27. The Labute approximate surface area is 221 Å². The van der Waals surface area contributed by atoms with Crippen LogP contribution in [0.4, 0.5) is 0 Å². The van der Waals surface area contributed by atoms with Crippen molar-refractivity contribution in [2.24, 2.45) is 10.9 Å². The monoisotopic (exact) mass is 512 g/mol. The molecule has 2 saturated heterocycles. The van der Waals surface area contributed by atoms with Crippen molar-refractivity contribution in [3.63, 3.8) is 0 Å². The molecule has 196 valence electrons. The van der Waals surface area contributed by atoms with E-state index in [4.69, 9.17) is 9.73 Å². The Hall–Kier alpha value is -3.62. The molecular formula is C30H32N4O4. The lowest BCUT2D eigenvalue weighted by atomic mass is 9.90. The molecule has 1 unspecified atom stereocenters. The molecule has 2 atom stereocenters. The van der Waals surface area contributed by atoms with E-state index < -0.39 is 11.6 Å². The maximum atomic E-state index is 13.8. The molecule has 3 aromatic rings. The van der Waals surface area contributed by atoms with Gasteiger partial charge in [0.2, 0.25) is 0 Å². The summed E-state index contributed by atoms with van der Waals surface area (Å²) in [6, 6.07) is 18.5. The Morgan fingerprint density at radius 1 is 1.11 bits per heavy atom. The summed E-state index contributed by atoms with van der Waals surface area (Å²) in [6.07, 6.45) is 2.73. The number of carbonyl (C=O) groups excluding carboxylic acids is 2. The van der Waals surface area contributed by atoms with E-state index in [1.165, 1.54) is 6.92 Å². The van der Waals surface area contributed by atoms with E-state index in [2.05, 4.69) is 41.4 Å². The van der Waals surface area contributed by atoms with Gasteiger partial charge in [-0.3, -0.25) is 24.5 Å². The highest BCUT2D eigenvalue weighted by atomic mass is 16.5. The van der Waals surface area contributed by atoms with Crippen LogP contribution in [0, 0.1) is 5.92 Å². The summed E-state index contributed by atoms with van der Waals surface area (Å²) in [5.41, 5.74) is 3.23. The lowest BCUT2D eigenvalue weighted by Crippen LogP contribution is -2.47. The van der Waals surface area contributed by atoms with Crippen molar-refractivity contribution >= 4 is 28.6 Å². The van der Waals surface area contributed by atoms with E-state index >= 15 is 0 Å². The second kappa shape index (κ2) is 9.93. The highest BCUT2D eigenvalue weighted by molar-refractivity contribution is 6.15. The minimum atomic E-state index is -1.01. The molecule has 2 amide bonds. The number of hydrogen-bond acceptors (Lipinski definition) is 6. The van der Waals surface area contributed by atoms with Gasteiger partial charge in [0.1, 0.15) is 17.5 Å². The summed E-state index contributed by atoms with van der Waals surface area (Å²) >= 11 is 0. The number of aliphatic imine (C=N–C) groups is 1. The number of aliphatic hydroxyl groups is 1. The van der Waals surface area contributed by atoms with Gasteiger partial charge >= 0.3 is 0 Å². The van der Waals surface area contributed by atoms with Gasteiger partial charge in [0.25, 0.3) is 11.8 Å². The molecule has 8 heteroatoms. The van der Waals surface area contributed by atoms with Crippen LogP contribution in [-0.4, -0.2) is 82.0 Å². The number of aromatic nitrogens is 1. The predicted molar refractivity (Wildman–Crippen MR) is 145 cm³/mol. The molecule has 8 nitrogen and oxygen atoms in total. The lowest BCUT2D eigenvalue weighted by Gasteiger charge is -2.30. The highest BCUT2D eigenvalue weighted by Gasteiger charge is 2.50. The molecule has 2 aromatic carbocycles. The Balaban J connectivity index is 1.27. The second-order valence-electron chi connectivity index (χ2n) is 10.6. The van der Waals surface area contributed by atoms with E-state index in [0.29, 0.717) is 51.5 Å². The number of amides is 2. The van der Waals surface area contributed by atoms with E-state index in [1.807, 2.05) is 23.1 Å². The first kappa shape index (κ1) is 24.7. The Morgan fingerprint density at radius 2 is 1.84 bits per heavy atom. The molecule has 0 aliphatic carbocycles. The first-order valence-electron chi connectivity index (χ1n) is 13.4. The normalized spacial score (nSPS) is 21.8. The third-order valence-corrected chi connectivity index (χ3v) is 8.02. The van der Waals surface area contributed by atoms with E-state index in [1.54, 1.807) is 11.1 Å². The molecule has 1 aromatic heterocycles. The third-order valence-electron chi connectivity index (χ3n) is 8.02. The fourth-order valence-electron chi connectivity index (χ4n) is 5.84. The fraction of sp³-hybridized carbons (Fsp3) is 0.400. The van der Waals surface area contributed by atoms with Gasteiger partial charge in [-0.1, -0.05) is 42.5 Å². The second-order valence-corrected chi connectivity index (χ2v) is 10.6. The van der Waals surface area contributed by atoms with Crippen LogP contribution in [0.3, 0.4) is 0 Å². The summed E-state index contributed by atoms with van der Waals surface area (Å²) in [7, 11) is 0. The molecule has 4 heterocycles. The van der Waals surface area contributed by atoms with Gasteiger partial charge < -0.3 is 14.7 Å². The first-order chi connectivity index (χ1) is 18.4. The van der Waals surface area contributed by atoms with Crippen molar-refractivity contribution in [1.82, 2.24) is 14.8 Å². The lowest BCUT2D eigenvalue weighted by molar-refractivity contribution is -0.138. The molecular weight excluding hydrogens is 480 g/mol. The topological polar surface area (TPSA) is 95.3 Å². The van der Waals surface area contributed by atoms with Crippen LogP contribution in [0.15, 0.2) is 65.8 Å². The molecule has 0 bridgehead atoms. The number of ether oxygens (including phenoxy) is 1. The summed E-state index contributed by atoms with van der Waals surface area (Å²) < 4.78 is 5.56. The zero-order chi connectivity index (χ0) is 26.3. The highest BCUT2D eigenvalue weighted by Crippen LogP contribution is 2.36. The molecule has 2 fully saturated rings. The molecule has 1 spiro atoms. The number of rotatable bonds is 5. The van der Waals surface area contributed by atoms with Crippen molar-refractivity contribution in [2.45, 2.75) is 37.8 Å². The summed E-state index contributed by atoms with van der Waals surface area (Å²) in [4.78, 5) is 39.2. The summed E-state index contributed by atoms with van der Waals surface area (Å²) in [5, 5.41) is 10.8. The van der Waals surface area contributed by atoms with Gasteiger partial charge in [0.15, 0.2) is 0 Å². The van der Waals surface area contributed by atoms with E-state index in [-0.39, 0.29) is 17.7 Å². The molecule has 0 saturated carbocycles. The standard InChI is InChI=1S/C30H32N4O4/c1-20(35)28(36)33-14-10-21(18-33)19-34-27(32-30(29(34)37)11-15-38-16-12-30)24-7-4-22(5-8-24)25-9-6-23-3-2-13-31-26(23)17-25/h2-9,13,17,20-21,35H,10-12,14-16,18-19H2,1H3/t20?,21-/m1/s1. The number of aliphatic hydroxyl groups excluding tert-OH is 1. The van der Waals surface area contributed by atoms with E-state index in [9.17, 15) is 14.7 Å². The van der Waals surface area contributed by atoms with Crippen molar-refractivity contribution in [1.29, 1.82) is 0 Å². The molecule has 1 N–H and O–H groups in total. The smallest absolute Gasteiger partial charge is 0.256 e. The van der Waals surface area contributed by atoms with Crippen molar-refractivity contribution in [3.05, 3.63) is 66.4 Å². The zero-order valence-electron chi connectivity index (χ0n) is 21.5. The largest absolute Gasteiger partial charge is 0.384 e. The van der Waals surface area contributed by atoms with Crippen molar-refractivity contribution in [3.8, 4) is 11.1 Å². The molecule has 6 rings (SSSR count). The number of amidine groups is 1. The number of carbonyl (C=O) groups is 2. The third kappa shape index (κ3) is 4.48. The number of pyridine rings is 1. The van der Waals surface area contributed by atoms with Gasteiger partial charge in [-0.05, 0) is 42.5 Å². The number of likely N-dealkylation sites (tertiary alicyclic amines) is 1. The molecule has 3 aliphatic rings. The Kier molecular flexibility index (Phi) is 6.45. The number of fused-ring (bicyclic) bond motifs is 1. The molecule has 3 aliphatic heterocycles. The summed E-state index contributed by atoms with van der Waals surface area (Å²) in [6.45, 7) is 4.17. The quantitative estimate of drug-likeness (QED) is 0.566. The maximum absolute atomic E-state index is 13.8. The number of benzene rings is 2. The van der Waals surface area contributed by atoms with Crippen LogP contribution in [0.2, 0.25) is 0 Å². The average Bonchev–Trinajstić information content (AvgIpc) is 3.52. The molecule has 38 heavy (non-hydrogen) atoms. The number of hydrogen-bond donors (Lipinski definition) is 1. The van der Waals surface area contributed by atoms with Crippen LogP contribution in [-0.2, 0) is 14.3 Å². The minimum Gasteiger partial charge on any atom is -0.384 e. The van der Waals surface area contributed by atoms with Crippen LogP contribution >= 0.6 is 0 Å². The fourth-order valence-corrected chi connectivity index (χ4v) is 5.84. The summed E-state index contributed by atoms with van der Waals surface area (Å²) in [5.74, 6) is 0.602. The van der Waals surface area contributed by atoms with Gasteiger partial charge in [0, 0.05) is 62.8 Å². The number of nitrogens with zero attached hydrogens (tertiary/aromatic N) is 4. The van der Waals surface area contributed by atoms with Crippen LogP contribution in [0.25, 0.3) is 22.0 Å². The van der Waals surface area contributed by atoms with Gasteiger partial charge in [0.05, 0.1) is 5.52 Å². The van der Waals surface area contributed by atoms with Crippen LogP contribution in [0.1, 0.15) is 31.7 Å². The molecule has 0 radical (unpaired) electrons. The SMILES string of the molecule is CC(O)C(=O)N1CC[C@@H](CN2C(=O)C3(CCOCC3)N=C2c2ccc(-c3ccc4cccnc4c3)cc2)C1. The minimum absolute atomic E-state index is 0.0285. The Morgan fingerprint density at radius 3 is 2.61 bits per heavy atom. The van der Waals surface area contributed by atoms with Crippen LogP contribution in [0.5, 0.6) is 0 Å². The maximum Gasteiger partial charge on any atom is 0.256 e. The van der Waals surface area contributed by atoms with Gasteiger partial charge in [-0.25, -0.2) is 0 Å². The van der Waals surface area contributed by atoms with Gasteiger partial charge in [-0.2, -0.15) is 0 Å². The Bertz CT molecular complexity index is 1390. The van der Waals surface area contributed by atoms with E-state index in [0.717, 1.165) is 34.0 Å². The van der Waals surface area contributed by atoms with Crippen molar-refractivity contribution < 1.29 is 19.4 Å². The zero-order valence-corrected chi connectivity index (χ0v) is 21.5. The van der Waals surface area contributed by atoms with Crippen molar-refractivity contribution in [2.75, 3.05) is 32.8 Å². The van der Waals surface area contributed by atoms with Crippen LogP contribution < -0.4 is 0 Å². The van der Waals surface area contributed by atoms with Gasteiger partial charge in [-0.15, -0.1) is 0 Å². The average molecular weight is 513 g/mol. The first-order valence-corrected chi connectivity index (χ1v) is 13.4.